The molecule has 4 heteroatoms. The number of para-hydroxylation sites is 1. The number of fused-ring (bicyclic) bond motifs is 1. The van der Waals surface area contributed by atoms with Crippen molar-refractivity contribution in [3.63, 3.8) is 0 Å². The summed E-state index contributed by atoms with van der Waals surface area (Å²) in [6, 6.07) is 11.7. The van der Waals surface area contributed by atoms with Gasteiger partial charge in [-0.15, -0.1) is 0 Å². The van der Waals surface area contributed by atoms with Gasteiger partial charge in [0.1, 0.15) is 5.75 Å². The fraction of sp³-hybridized carbons (Fsp3) is 0.200. The average molecular weight is 261 g/mol. The van der Waals surface area contributed by atoms with Gasteiger partial charge in [-0.3, -0.25) is 0 Å². The molecule has 0 aromatic heterocycles. The molecule has 0 amide bonds. The van der Waals surface area contributed by atoms with Crippen molar-refractivity contribution in [3.8, 4) is 5.75 Å². The van der Waals surface area contributed by atoms with Gasteiger partial charge in [0, 0.05) is 12.0 Å². The van der Waals surface area contributed by atoms with E-state index in [1.807, 2.05) is 24.3 Å². The zero-order valence-corrected chi connectivity index (χ0v) is 10.2. The quantitative estimate of drug-likeness (QED) is 0.885. The van der Waals surface area contributed by atoms with Crippen LogP contribution in [0.5, 0.6) is 5.75 Å². The van der Waals surface area contributed by atoms with Gasteiger partial charge in [-0.05, 0) is 18.2 Å². The zero-order valence-electron chi connectivity index (χ0n) is 10.2. The van der Waals surface area contributed by atoms with Gasteiger partial charge in [0.15, 0.2) is 11.6 Å². The van der Waals surface area contributed by atoms with Crippen molar-refractivity contribution in [2.24, 2.45) is 0 Å². The van der Waals surface area contributed by atoms with Gasteiger partial charge in [0.05, 0.1) is 18.3 Å². The van der Waals surface area contributed by atoms with Crippen molar-refractivity contribution in [1.82, 2.24) is 0 Å². The summed E-state index contributed by atoms with van der Waals surface area (Å²) in [4.78, 5) is 0. The van der Waals surface area contributed by atoms with E-state index in [1.165, 1.54) is 12.1 Å². The van der Waals surface area contributed by atoms with Crippen LogP contribution >= 0.6 is 0 Å². The number of rotatable bonds is 2. The number of halogens is 2. The Morgan fingerprint density at radius 1 is 1.05 bits per heavy atom. The minimum absolute atomic E-state index is 0.0683. The molecule has 1 N–H and O–H groups in total. The molecule has 2 aromatic rings. The highest BCUT2D eigenvalue weighted by molar-refractivity contribution is 5.49. The molecule has 2 nitrogen and oxygen atoms in total. The predicted molar refractivity (Wildman–Crippen MR) is 69.3 cm³/mol. The summed E-state index contributed by atoms with van der Waals surface area (Å²) in [6.07, 6.45) is 0.715. The Bertz CT molecular complexity index is 600. The second-order valence-corrected chi connectivity index (χ2v) is 4.47. The van der Waals surface area contributed by atoms with Crippen molar-refractivity contribution in [2.75, 3.05) is 11.9 Å². The summed E-state index contributed by atoms with van der Waals surface area (Å²) < 4.78 is 32.4. The maximum absolute atomic E-state index is 13.7. The van der Waals surface area contributed by atoms with Crippen LogP contribution in [0, 0.1) is 11.6 Å². The Balaban J connectivity index is 1.91. The van der Waals surface area contributed by atoms with Gasteiger partial charge < -0.3 is 10.1 Å². The van der Waals surface area contributed by atoms with Crippen LogP contribution in [0.3, 0.4) is 0 Å². The van der Waals surface area contributed by atoms with Crippen LogP contribution in [0.2, 0.25) is 0 Å². The van der Waals surface area contributed by atoms with Gasteiger partial charge in [0.2, 0.25) is 0 Å². The SMILES string of the molecule is Fc1cccc(NC2CCOc3ccccc32)c1F. The van der Waals surface area contributed by atoms with Gasteiger partial charge >= 0.3 is 0 Å². The molecule has 0 spiro atoms. The lowest BCUT2D eigenvalue weighted by atomic mass is 10.0. The molecular weight excluding hydrogens is 248 g/mol. The minimum Gasteiger partial charge on any atom is -0.493 e. The molecule has 1 aliphatic heterocycles. The third-order valence-corrected chi connectivity index (χ3v) is 3.24. The number of benzene rings is 2. The van der Waals surface area contributed by atoms with E-state index in [0.29, 0.717) is 13.0 Å². The van der Waals surface area contributed by atoms with Crippen molar-refractivity contribution >= 4 is 5.69 Å². The second kappa shape index (κ2) is 4.88. The van der Waals surface area contributed by atoms with Crippen LogP contribution in [-0.2, 0) is 0 Å². The topological polar surface area (TPSA) is 21.3 Å². The van der Waals surface area contributed by atoms with E-state index < -0.39 is 11.6 Å². The first-order chi connectivity index (χ1) is 9.25. The number of ether oxygens (including phenoxy) is 1. The lowest BCUT2D eigenvalue weighted by molar-refractivity contribution is 0.274. The van der Waals surface area contributed by atoms with Crippen LogP contribution in [0.25, 0.3) is 0 Å². The molecule has 1 unspecified atom stereocenters. The van der Waals surface area contributed by atoms with E-state index in [4.69, 9.17) is 4.74 Å². The first-order valence-electron chi connectivity index (χ1n) is 6.18. The Morgan fingerprint density at radius 2 is 1.89 bits per heavy atom. The second-order valence-electron chi connectivity index (χ2n) is 4.47. The van der Waals surface area contributed by atoms with E-state index in [2.05, 4.69) is 5.32 Å². The molecule has 2 aromatic carbocycles. The highest BCUT2D eigenvalue weighted by atomic mass is 19.2. The van der Waals surface area contributed by atoms with E-state index in [0.717, 1.165) is 17.4 Å². The third kappa shape index (κ3) is 2.26. The van der Waals surface area contributed by atoms with Crippen LogP contribution in [-0.4, -0.2) is 6.61 Å². The highest BCUT2D eigenvalue weighted by Gasteiger charge is 2.22. The maximum Gasteiger partial charge on any atom is 0.181 e. The monoisotopic (exact) mass is 261 g/mol. The number of anilines is 1. The normalized spacial score (nSPS) is 17.5. The lowest BCUT2D eigenvalue weighted by Gasteiger charge is -2.27. The largest absolute Gasteiger partial charge is 0.493 e. The molecule has 0 aliphatic carbocycles. The van der Waals surface area contributed by atoms with E-state index in [-0.39, 0.29) is 11.7 Å². The van der Waals surface area contributed by atoms with E-state index in [1.54, 1.807) is 0 Å². The summed E-state index contributed by atoms with van der Waals surface area (Å²) in [6.45, 7) is 0.561. The summed E-state index contributed by atoms with van der Waals surface area (Å²) >= 11 is 0. The number of hydrogen-bond acceptors (Lipinski definition) is 2. The van der Waals surface area contributed by atoms with Crippen LogP contribution in [0.15, 0.2) is 42.5 Å². The first kappa shape index (κ1) is 12.0. The predicted octanol–water partition coefficient (Wildman–Crippen LogP) is 3.90. The maximum atomic E-state index is 13.7. The van der Waals surface area contributed by atoms with Crippen LogP contribution in [0.1, 0.15) is 18.0 Å². The molecule has 0 bridgehead atoms. The molecule has 0 saturated heterocycles. The first-order valence-corrected chi connectivity index (χ1v) is 6.18. The minimum atomic E-state index is -0.842. The smallest absolute Gasteiger partial charge is 0.181 e. The van der Waals surface area contributed by atoms with Gasteiger partial charge in [0.25, 0.3) is 0 Å². The van der Waals surface area contributed by atoms with E-state index >= 15 is 0 Å². The molecule has 0 radical (unpaired) electrons. The molecule has 1 aliphatic rings. The molecule has 0 fully saturated rings. The summed E-state index contributed by atoms with van der Waals surface area (Å²) in [5, 5.41) is 3.05. The van der Waals surface area contributed by atoms with Crippen molar-refractivity contribution in [3.05, 3.63) is 59.7 Å². The lowest BCUT2D eigenvalue weighted by Crippen LogP contribution is -2.20. The fourth-order valence-corrected chi connectivity index (χ4v) is 2.29. The zero-order chi connectivity index (χ0) is 13.2. The average Bonchev–Trinajstić information content (AvgIpc) is 2.44. The molecule has 98 valence electrons. The Kier molecular flexibility index (Phi) is 3.07. The standard InChI is InChI=1S/C15H13F2NO/c16-11-5-3-6-13(15(11)17)18-12-8-9-19-14-7-2-1-4-10(12)14/h1-7,12,18H,8-9H2. The van der Waals surface area contributed by atoms with Crippen molar-refractivity contribution in [2.45, 2.75) is 12.5 Å². The highest BCUT2D eigenvalue weighted by Crippen LogP contribution is 2.34. The van der Waals surface area contributed by atoms with Gasteiger partial charge in [-0.2, -0.15) is 0 Å². The number of nitrogens with one attached hydrogen (secondary N) is 1. The van der Waals surface area contributed by atoms with Crippen molar-refractivity contribution in [1.29, 1.82) is 0 Å². The molecule has 0 saturated carbocycles. The summed E-state index contributed by atoms with van der Waals surface area (Å²) in [5.41, 5.74) is 1.15. The molecule has 3 rings (SSSR count). The fourth-order valence-electron chi connectivity index (χ4n) is 2.29. The van der Waals surface area contributed by atoms with Crippen LogP contribution in [0.4, 0.5) is 14.5 Å². The van der Waals surface area contributed by atoms with Gasteiger partial charge in [-0.25, -0.2) is 8.78 Å². The van der Waals surface area contributed by atoms with Gasteiger partial charge in [-0.1, -0.05) is 24.3 Å². The Labute approximate surface area is 110 Å². The number of hydrogen-bond donors (Lipinski definition) is 1. The Hall–Kier alpha value is -2.10. The van der Waals surface area contributed by atoms with Crippen molar-refractivity contribution < 1.29 is 13.5 Å². The molecule has 19 heavy (non-hydrogen) atoms. The summed E-state index contributed by atoms with van der Waals surface area (Å²) in [7, 11) is 0. The summed E-state index contributed by atoms with van der Waals surface area (Å²) in [5.74, 6) is -0.889. The molecule has 1 atom stereocenters. The third-order valence-electron chi connectivity index (χ3n) is 3.24. The molecular formula is C15H13F2NO. The van der Waals surface area contributed by atoms with Crippen LogP contribution < -0.4 is 10.1 Å². The Morgan fingerprint density at radius 3 is 2.79 bits per heavy atom. The molecule has 1 heterocycles. The van der Waals surface area contributed by atoms with E-state index in [9.17, 15) is 8.78 Å².